The molecular weight excluding hydrogens is 186 g/mol. The van der Waals surface area contributed by atoms with Gasteiger partial charge >= 0.3 is 0 Å². The van der Waals surface area contributed by atoms with Crippen molar-refractivity contribution in [1.29, 1.82) is 0 Å². The van der Waals surface area contributed by atoms with Crippen LogP contribution in [0.5, 0.6) is 0 Å². The van der Waals surface area contributed by atoms with E-state index in [2.05, 4.69) is 34.6 Å². The van der Waals surface area contributed by atoms with Crippen LogP contribution in [-0.2, 0) is 6.42 Å². The lowest BCUT2D eigenvalue weighted by Crippen LogP contribution is -1.91. The Bertz CT molecular complexity index is 410. The van der Waals surface area contributed by atoms with Gasteiger partial charge in [0.05, 0.1) is 0 Å². The molecule has 2 N–H and O–H groups in total. The predicted octanol–water partition coefficient (Wildman–Crippen LogP) is 2.68. The molecule has 0 radical (unpaired) electrons. The highest BCUT2D eigenvalue weighted by Gasteiger charge is 2.11. The highest BCUT2D eigenvalue weighted by molar-refractivity contribution is 5.77. The Labute approximate surface area is 89.5 Å². The number of nitrogens with one attached hydrogen (secondary N) is 2. The number of aromatic nitrogens is 2. The summed E-state index contributed by atoms with van der Waals surface area (Å²) in [5.41, 5.74) is 3.55. The maximum absolute atomic E-state index is 4.25. The van der Waals surface area contributed by atoms with Crippen LogP contribution in [0.1, 0.15) is 12.6 Å². The molecule has 1 heterocycles. The molecule has 1 aromatic heterocycles. The summed E-state index contributed by atoms with van der Waals surface area (Å²) < 4.78 is 0. The van der Waals surface area contributed by atoms with Crippen molar-refractivity contribution in [3.8, 4) is 11.1 Å². The van der Waals surface area contributed by atoms with Crippen LogP contribution >= 0.6 is 0 Å². The molecule has 1 aromatic carbocycles. The topological polar surface area (TPSA) is 40.7 Å². The zero-order valence-corrected chi connectivity index (χ0v) is 9.04. The van der Waals surface area contributed by atoms with Gasteiger partial charge in [-0.2, -0.15) is 5.10 Å². The molecule has 0 saturated carbocycles. The van der Waals surface area contributed by atoms with Crippen LogP contribution in [0.2, 0.25) is 0 Å². The second-order valence-corrected chi connectivity index (χ2v) is 3.40. The summed E-state index contributed by atoms with van der Waals surface area (Å²) in [7, 11) is 1.89. The number of nitrogens with zero attached hydrogens (tertiary/aromatic N) is 1. The third-order valence-corrected chi connectivity index (χ3v) is 2.49. The summed E-state index contributed by atoms with van der Waals surface area (Å²) in [6, 6.07) is 10.3. The fourth-order valence-electron chi connectivity index (χ4n) is 1.73. The molecule has 2 rings (SSSR count). The zero-order valence-electron chi connectivity index (χ0n) is 9.04. The van der Waals surface area contributed by atoms with Gasteiger partial charge in [-0.3, -0.25) is 5.10 Å². The van der Waals surface area contributed by atoms with Crippen molar-refractivity contribution < 1.29 is 0 Å². The van der Waals surface area contributed by atoms with Gasteiger partial charge in [0.1, 0.15) is 0 Å². The average molecular weight is 201 g/mol. The molecule has 0 spiro atoms. The van der Waals surface area contributed by atoms with Gasteiger partial charge in [-0.05, 0) is 12.0 Å². The largest absolute Gasteiger partial charge is 0.371 e. The first kappa shape index (κ1) is 9.77. The molecule has 0 amide bonds. The van der Waals surface area contributed by atoms with E-state index in [1.165, 1.54) is 16.8 Å². The van der Waals surface area contributed by atoms with Gasteiger partial charge in [-0.15, -0.1) is 0 Å². The van der Waals surface area contributed by atoms with Crippen molar-refractivity contribution in [3.63, 3.8) is 0 Å². The maximum atomic E-state index is 4.25. The third kappa shape index (κ3) is 1.73. The molecule has 15 heavy (non-hydrogen) atoms. The van der Waals surface area contributed by atoms with Crippen molar-refractivity contribution in [2.45, 2.75) is 13.3 Å². The van der Waals surface area contributed by atoms with E-state index in [0.29, 0.717) is 0 Å². The van der Waals surface area contributed by atoms with E-state index in [4.69, 9.17) is 0 Å². The van der Waals surface area contributed by atoms with Crippen LogP contribution in [-0.4, -0.2) is 17.2 Å². The molecule has 0 bridgehead atoms. The lowest BCUT2D eigenvalue weighted by atomic mass is 10.0. The fourth-order valence-corrected chi connectivity index (χ4v) is 1.73. The highest BCUT2D eigenvalue weighted by atomic mass is 15.2. The zero-order chi connectivity index (χ0) is 10.7. The fraction of sp³-hybridized carbons (Fsp3) is 0.250. The second-order valence-electron chi connectivity index (χ2n) is 3.40. The molecule has 0 saturated heterocycles. The Morgan fingerprint density at radius 1 is 1.27 bits per heavy atom. The van der Waals surface area contributed by atoms with E-state index in [-0.39, 0.29) is 0 Å². The summed E-state index contributed by atoms with van der Waals surface area (Å²) >= 11 is 0. The van der Waals surface area contributed by atoms with Gasteiger partial charge in [0.25, 0.3) is 0 Å². The predicted molar refractivity (Wildman–Crippen MR) is 62.9 cm³/mol. The molecule has 78 valence electrons. The SMILES string of the molecule is CCc1[nH]nc(NC)c1-c1ccccc1. The van der Waals surface area contributed by atoms with Crippen LogP contribution in [0.4, 0.5) is 5.82 Å². The van der Waals surface area contributed by atoms with Crippen molar-refractivity contribution in [2.75, 3.05) is 12.4 Å². The Morgan fingerprint density at radius 3 is 2.60 bits per heavy atom. The first-order chi connectivity index (χ1) is 7.36. The molecular formula is C12H15N3. The summed E-state index contributed by atoms with van der Waals surface area (Å²) in [5.74, 6) is 0.915. The number of aryl methyl sites for hydroxylation is 1. The molecule has 0 unspecified atom stereocenters. The molecule has 3 nitrogen and oxygen atoms in total. The summed E-state index contributed by atoms with van der Waals surface area (Å²) in [6.45, 7) is 2.12. The van der Waals surface area contributed by atoms with Gasteiger partial charge in [-0.25, -0.2) is 0 Å². The van der Waals surface area contributed by atoms with Crippen molar-refractivity contribution in [2.24, 2.45) is 0 Å². The Kier molecular flexibility index (Phi) is 2.72. The van der Waals surface area contributed by atoms with Crippen LogP contribution in [0.15, 0.2) is 30.3 Å². The minimum absolute atomic E-state index is 0.915. The summed E-state index contributed by atoms with van der Waals surface area (Å²) in [4.78, 5) is 0. The number of hydrogen-bond donors (Lipinski definition) is 2. The molecule has 0 atom stereocenters. The van der Waals surface area contributed by atoms with Gasteiger partial charge < -0.3 is 5.32 Å². The molecule has 3 heteroatoms. The number of rotatable bonds is 3. The van der Waals surface area contributed by atoms with Crippen molar-refractivity contribution >= 4 is 5.82 Å². The molecule has 0 aliphatic rings. The van der Waals surface area contributed by atoms with E-state index in [0.717, 1.165) is 12.2 Å². The average Bonchev–Trinajstić information content (AvgIpc) is 2.72. The van der Waals surface area contributed by atoms with E-state index in [9.17, 15) is 0 Å². The molecule has 0 aliphatic heterocycles. The Morgan fingerprint density at radius 2 is 2.00 bits per heavy atom. The van der Waals surface area contributed by atoms with E-state index in [1.807, 2.05) is 25.2 Å². The van der Waals surface area contributed by atoms with Gasteiger partial charge in [0, 0.05) is 18.3 Å². The lowest BCUT2D eigenvalue weighted by Gasteiger charge is -2.03. The van der Waals surface area contributed by atoms with E-state index in [1.54, 1.807) is 0 Å². The first-order valence-corrected chi connectivity index (χ1v) is 5.17. The molecule has 2 aromatic rings. The van der Waals surface area contributed by atoms with Crippen LogP contribution in [0, 0.1) is 0 Å². The molecule has 0 aliphatic carbocycles. The number of anilines is 1. The van der Waals surface area contributed by atoms with Crippen LogP contribution in [0.25, 0.3) is 11.1 Å². The summed E-state index contributed by atoms with van der Waals surface area (Å²) in [5, 5.41) is 10.4. The third-order valence-electron chi connectivity index (χ3n) is 2.49. The second kappa shape index (κ2) is 4.17. The van der Waals surface area contributed by atoms with Gasteiger partial charge in [-0.1, -0.05) is 37.3 Å². The van der Waals surface area contributed by atoms with Crippen molar-refractivity contribution in [3.05, 3.63) is 36.0 Å². The van der Waals surface area contributed by atoms with Crippen LogP contribution in [0.3, 0.4) is 0 Å². The quantitative estimate of drug-likeness (QED) is 0.801. The minimum Gasteiger partial charge on any atom is -0.371 e. The number of benzene rings is 1. The van der Waals surface area contributed by atoms with Gasteiger partial charge in [0.2, 0.25) is 0 Å². The highest BCUT2D eigenvalue weighted by Crippen LogP contribution is 2.29. The van der Waals surface area contributed by atoms with E-state index < -0.39 is 0 Å². The van der Waals surface area contributed by atoms with Crippen molar-refractivity contribution in [1.82, 2.24) is 10.2 Å². The number of hydrogen-bond acceptors (Lipinski definition) is 2. The minimum atomic E-state index is 0.915. The summed E-state index contributed by atoms with van der Waals surface area (Å²) in [6.07, 6.45) is 0.957. The smallest absolute Gasteiger partial charge is 0.155 e. The first-order valence-electron chi connectivity index (χ1n) is 5.17. The number of H-pyrrole nitrogens is 1. The Hall–Kier alpha value is -1.77. The van der Waals surface area contributed by atoms with Crippen LogP contribution < -0.4 is 5.32 Å². The van der Waals surface area contributed by atoms with E-state index >= 15 is 0 Å². The Balaban J connectivity index is 2.55. The molecule has 0 fully saturated rings. The lowest BCUT2D eigenvalue weighted by molar-refractivity contribution is 0.976. The normalized spacial score (nSPS) is 10.3. The maximum Gasteiger partial charge on any atom is 0.155 e. The number of aromatic amines is 1. The standard InChI is InChI=1S/C12H15N3/c1-3-10-11(12(13-2)15-14-10)9-7-5-4-6-8-9/h4-8H,3H2,1-2H3,(H2,13,14,15). The van der Waals surface area contributed by atoms with Gasteiger partial charge in [0.15, 0.2) is 5.82 Å². The monoisotopic (exact) mass is 201 g/mol.